The van der Waals surface area contributed by atoms with Gasteiger partial charge in [0.25, 0.3) is 5.91 Å². The number of halogens is 1. The molecule has 0 atom stereocenters. The van der Waals surface area contributed by atoms with Crippen LogP contribution in [-0.2, 0) is 0 Å². The number of nitrogens with zero attached hydrogens (tertiary/aromatic N) is 2. The van der Waals surface area contributed by atoms with E-state index in [1.54, 1.807) is 18.5 Å². The molecule has 0 bridgehead atoms. The number of rotatable bonds is 5. The monoisotopic (exact) mass is 354 g/mol. The molecule has 0 aliphatic rings. The second kappa shape index (κ2) is 6.81. The lowest BCUT2D eigenvalue weighted by Crippen LogP contribution is -2.16. The van der Waals surface area contributed by atoms with E-state index in [1.165, 1.54) is 11.3 Å². The van der Waals surface area contributed by atoms with E-state index in [4.69, 9.17) is 0 Å². The number of anilines is 2. The van der Waals surface area contributed by atoms with E-state index in [1.807, 2.05) is 6.92 Å². The molecule has 0 saturated carbocycles. The van der Waals surface area contributed by atoms with Crippen molar-refractivity contribution in [2.75, 3.05) is 17.2 Å². The van der Waals surface area contributed by atoms with Crippen molar-refractivity contribution in [3.05, 3.63) is 33.4 Å². The molecule has 0 radical (unpaired) electrons. The van der Waals surface area contributed by atoms with Crippen LogP contribution in [0.2, 0.25) is 0 Å². The van der Waals surface area contributed by atoms with Crippen LogP contribution in [0.5, 0.6) is 0 Å². The second-order valence-electron chi connectivity index (χ2n) is 4.21. The summed E-state index contributed by atoms with van der Waals surface area (Å²) < 4.78 is 0.764. The number of hydrogen-bond donors (Lipinski definition) is 2. The highest BCUT2D eigenvalue weighted by atomic mass is 79.9. The maximum absolute atomic E-state index is 12.3. The first kappa shape index (κ1) is 14.9. The first-order valence-corrected chi connectivity index (χ1v) is 7.84. The van der Waals surface area contributed by atoms with Crippen molar-refractivity contribution in [1.82, 2.24) is 9.97 Å². The van der Waals surface area contributed by atoms with Gasteiger partial charge in [0.15, 0.2) is 5.13 Å². The first-order valence-electron chi connectivity index (χ1n) is 6.23. The number of carbonyl (C=O) groups excluding carboxylic acids is 1. The van der Waals surface area contributed by atoms with Crippen LogP contribution in [0.4, 0.5) is 10.9 Å². The number of nitrogens with one attached hydrogen (secondary N) is 2. The molecule has 0 spiro atoms. The molecule has 20 heavy (non-hydrogen) atoms. The van der Waals surface area contributed by atoms with Crippen LogP contribution in [0, 0.1) is 6.92 Å². The van der Waals surface area contributed by atoms with Crippen molar-refractivity contribution in [2.45, 2.75) is 20.3 Å². The summed E-state index contributed by atoms with van der Waals surface area (Å²) in [4.78, 5) is 21.7. The van der Waals surface area contributed by atoms with Gasteiger partial charge in [0, 0.05) is 28.3 Å². The molecule has 0 saturated heterocycles. The lowest BCUT2D eigenvalue weighted by molar-refractivity contribution is 0.102. The molecule has 7 heteroatoms. The Hall–Kier alpha value is -1.47. The lowest BCUT2D eigenvalue weighted by atomic mass is 10.2. The Labute approximate surface area is 130 Å². The van der Waals surface area contributed by atoms with Crippen LogP contribution in [0.1, 0.15) is 28.6 Å². The van der Waals surface area contributed by atoms with E-state index in [-0.39, 0.29) is 5.91 Å². The molecule has 0 unspecified atom stereocenters. The summed E-state index contributed by atoms with van der Waals surface area (Å²) in [6, 6.07) is 1.75. The van der Waals surface area contributed by atoms with Gasteiger partial charge in [-0.25, -0.2) is 9.97 Å². The van der Waals surface area contributed by atoms with Gasteiger partial charge in [0.1, 0.15) is 5.82 Å². The van der Waals surface area contributed by atoms with Crippen molar-refractivity contribution >= 4 is 44.1 Å². The second-order valence-corrected chi connectivity index (χ2v) is 6.36. The number of thiazole rings is 1. The fourth-order valence-electron chi connectivity index (χ4n) is 1.57. The van der Waals surface area contributed by atoms with E-state index in [2.05, 4.69) is 43.5 Å². The van der Waals surface area contributed by atoms with Crippen LogP contribution < -0.4 is 10.6 Å². The predicted octanol–water partition coefficient (Wildman–Crippen LogP) is 3.68. The van der Waals surface area contributed by atoms with Crippen LogP contribution in [0.25, 0.3) is 0 Å². The minimum atomic E-state index is -0.216. The average Bonchev–Trinajstić information content (AvgIpc) is 2.82. The Bertz CT molecular complexity index is 614. The summed E-state index contributed by atoms with van der Waals surface area (Å²) >= 11 is 4.78. The van der Waals surface area contributed by atoms with Crippen molar-refractivity contribution in [3.8, 4) is 0 Å². The van der Waals surface area contributed by atoms with Gasteiger partial charge in [-0.3, -0.25) is 10.1 Å². The highest BCUT2D eigenvalue weighted by molar-refractivity contribution is 9.10. The van der Waals surface area contributed by atoms with Crippen molar-refractivity contribution in [1.29, 1.82) is 0 Å². The van der Waals surface area contributed by atoms with Crippen molar-refractivity contribution < 1.29 is 4.79 Å². The summed E-state index contributed by atoms with van der Waals surface area (Å²) in [6.45, 7) is 4.78. The zero-order chi connectivity index (χ0) is 14.5. The van der Waals surface area contributed by atoms with Gasteiger partial charge in [-0.05, 0) is 35.3 Å². The smallest absolute Gasteiger partial charge is 0.261 e. The average molecular weight is 355 g/mol. The number of carbonyl (C=O) groups is 1. The van der Waals surface area contributed by atoms with E-state index >= 15 is 0 Å². The lowest BCUT2D eigenvalue weighted by Gasteiger charge is -2.10. The molecule has 0 aromatic carbocycles. The maximum Gasteiger partial charge on any atom is 0.261 e. The summed E-state index contributed by atoms with van der Waals surface area (Å²) in [5, 5.41) is 6.53. The van der Waals surface area contributed by atoms with E-state index in [9.17, 15) is 4.79 Å². The third-order valence-corrected chi connectivity index (χ3v) is 3.75. The molecule has 2 aromatic heterocycles. The topological polar surface area (TPSA) is 66.9 Å². The van der Waals surface area contributed by atoms with Crippen molar-refractivity contribution in [3.63, 3.8) is 0 Å². The van der Waals surface area contributed by atoms with Gasteiger partial charge >= 0.3 is 0 Å². The van der Waals surface area contributed by atoms with Crippen molar-refractivity contribution in [2.24, 2.45) is 0 Å². The highest BCUT2D eigenvalue weighted by Crippen LogP contribution is 2.22. The fourth-order valence-corrected chi connectivity index (χ4v) is 2.56. The summed E-state index contributed by atoms with van der Waals surface area (Å²) in [6.07, 6.45) is 4.36. The zero-order valence-electron chi connectivity index (χ0n) is 11.2. The van der Waals surface area contributed by atoms with Crippen LogP contribution in [-0.4, -0.2) is 22.4 Å². The van der Waals surface area contributed by atoms with Gasteiger partial charge in [-0.1, -0.05) is 6.92 Å². The Kier molecular flexibility index (Phi) is 5.08. The zero-order valence-corrected chi connectivity index (χ0v) is 13.6. The molecular weight excluding hydrogens is 340 g/mol. The number of pyridine rings is 1. The summed E-state index contributed by atoms with van der Waals surface area (Å²) in [5.74, 6) is 0.368. The predicted molar refractivity (Wildman–Crippen MR) is 85.5 cm³/mol. The molecule has 1 amide bonds. The normalized spacial score (nSPS) is 10.3. The third kappa shape index (κ3) is 3.77. The Morgan fingerprint density at radius 2 is 2.20 bits per heavy atom. The standard InChI is InChI=1S/C13H15BrN4OS/c1-3-4-15-11-10(5-9(14)7-16-11)12(19)18-13-17-6-8(2)20-13/h5-7H,3-4H2,1-2H3,(H,15,16)(H,17,18,19). The van der Waals surface area contributed by atoms with Gasteiger partial charge in [0.05, 0.1) is 5.56 Å². The minimum Gasteiger partial charge on any atom is -0.369 e. The largest absolute Gasteiger partial charge is 0.369 e. The number of hydrogen-bond acceptors (Lipinski definition) is 5. The SMILES string of the molecule is CCCNc1ncc(Br)cc1C(=O)Nc1ncc(C)s1. The Balaban J connectivity index is 2.21. The van der Waals surface area contributed by atoms with Crippen LogP contribution in [0.15, 0.2) is 22.9 Å². The first-order chi connectivity index (χ1) is 9.60. The molecule has 2 heterocycles. The van der Waals surface area contributed by atoms with Crippen LogP contribution >= 0.6 is 27.3 Å². The van der Waals surface area contributed by atoms with E-state index < -0.39 is 0 Å². The van der Waals surface area contributed by atoms with Gasteiger partial charge in [0.2, 0.25) is 0 Å². The molecule has 2 rings (SSSR count). The van der Waals surface area contributed by atoms with Gasteiger partial charge < -0.3 is 5.32 Å². The van der Waals surface area contributed by atoms with Crippen LogP contribution in [0.3, 0.4) is 0 Å². The molecule has 5 nitrogen and oxygen atoms in total. The molecule has 2 aromatic rings. The molecule has 0 aliphatic heterocycles. The van der Waals surface area contributed by atoms with E-state index in [0.29, 0.717) is 16.5 Å². The molecule has 2 N–H and O–H groups in total. The van der Waals surface area contributed by atoms with E-state index in [0.717, 1.165) is 22.3 Å². The number of amides is 1. The molecular formula is C13H15BrN4OS. The molecule has 0 fully saturated rings. The maximum atomic E-state index is 12.3. The Morgan fingerprint density at radius 1 is 1.40 bits per heavy atom. The van der Waals surface area contributed by atoms with Gasteiger partial charge in [-0.15, -0.1) is 11.3 Å². The third-order valence-electron chi connectivity index (χ3n) is 2.48. The molecule has 106 valence electrons. The quantitative estimate of drug-likeness (QED) is 0.859. The Morgan fingerprint density at radius 3 is 2.85 bits per heavy atom. The number of aryl methyl sites for hydroxylation is 1. The summed E-state index contributed by atoms with van der Waals surface area (Å²) in [5.41, 5.74) is 0.501. The number of aromatic nitrogens is 2. The minimum absolute atomic E-state index is 0.216. The van der Waals surface area contributed by atoms with Gasteiger partial charge in [-0.2, -0.15) is 0 Å². The highest BCUT2D eigenvalue weighted by Gasteiger charge is 2.14. The fraction of sp³-hybridized carbons (Fsp3) is 0.308. The molecule has 0 aliphatic carbocycles. The summed E-state index contributed by atoms with van der Waals surface area (Å²) in [7, 11) is 0.